The third-order valence-electron chi connectivity index (χ3n) is 6.04. The van der Waals surface area contributed by atoms with Crippen molar-refractivity contribution in [1.29, 1.82) is 5.26 Å². The maximum Gasteiger partial charge on any atom is 0.265 e. The number of thiocarbonyl (C=S) groups is 1. The van der Waals surface area contributed by atoms with Crippen LogP contribution in [0.25, 0.3) is 16.8 Å². The number of nitrogens with zero attached hydrogens (tertiary/aromatic N) is 4. The Bertz CT molecular complexity index is 1570. The van der Waals surface area contributed by atoms with Crippen LogP contribution in [0.1, 0.15) is 10.4 Å². The molecule has 0 N–H and O–H groups in total. The first-order chi connectivity index (χ1) is 17.4. The second kappa shape index (κ2) is 9.38. The highest BCUT2D eigenvalue weighted by atomic mass is 32.1. The number of carbonyl (C=O) groups excluding carboxylic acids is 2. The van der Waals surface area contributed by atoms with Crippen molar-refractivity contribution in [3.63, 3.8) is 0 Å². The quantitative estimate of drug-likeness (QED) is 0.197. The molecular formula is C28H20N4O2S2. The van der Waals surface area contributed by atoms with Gasteiger partial charge in [0.1, 0.15) is 10.6 Å². The lowest BCUT2D eigenvalue weighted by Gasteiger charge is -2.31. The lowest BCUT2D eigenvalue weighted by atomic mass is 10.0. The van der Waals surface area contributed by atoms with Gasteiger partial charge in [-0.1, -0.05) is 42.5 Å². The minimum atomic E-state index is -0.420. The minimum Gasteiger partial charge on any atom is -0.301 e. The van der Waals surface area contributed by atoms with Gasteiger partial charge in [-0.2, -0.15) is 5.26 Å². The number of carbonyl (C=O) groups is 2. The van der Waals surface area contributed by atoms with Gasteiger partial charge >= 0.3 is 0 Å². The third kappa shape index (κ3) is 3.94. The number of para-hydroxylation sites is 1. The zero-order valence-corrected chi connectivity index (χ0v) is 21.1. The highest BCUT2D eigenvalue weighted by Crippen LogP contribution is 2.42. The summed E-state index contributed by atoms with van der Waals surface area (Å²) in [6.07, 6.45) is 1.62. The van der Waals surface area contributed by atoms with Crippen LogP contribution in [0.3, 0.4) is 0 Å². The summed E-state index contributed by atoms with van der Waals surface area (Å²) in [4.78, 5) is 31.0. The molecule has 5 rings (SSSR count). The Hall–Kier alpha value is -4.32. The van der Waals surface area contributed by atoms with Crippen molar-refractivity contribution in [3.05, 3.63) is 94.9 Å². The van der Waals surface area contributed by atoms with E-state index in [1.807, 2.05) is 78.9 Å². The summed E-state index contributed by atoms with van der Waals surface area (Å²) in [6.45, 7) is 0. The number of benzene rings is 3. The van der Waals surface area contributed by atoms with Crippen molar-refractivity contribution in [2.75, 3.05) is 19.0 Å². The van der Waals surface area contributed by atoms with Crippen molar-refractivity contribution in [2.24, 2.45) is 0 Å². The summed E-state index contributed by atoms with van der Waals surface area (Å²) in [7, 11) is 3.13. The number of fused-ring (bicyclic) bond motifs is 1. The van der Waals surface area contributed by atoms with Gasteiger partial charge in [0, 0.05) is 35.4 Å². The minimum absolute atomic E-state index is 0.0667. The molecule has 0 unspecified atom stereocenters. The fourth-order valence-corrected chi connectivity index (χ4v) is 5.35. The first-order valence-electron chi connectivity index (χ1n) is 11.1. The fourth-order valence-electron chi connectivity index (χ4n) is 4.20. The lowest BCUT2D eigenvalue weighted by Crippen LogP contribution is -2.52. The van der Waals surface area contributed by atoms with E-state index in [2.05, 4.69) is 11.0 Å². The van der Waals surface area contributed by atoms with E-state index in [9.17, 15) is 14.9 Å². The summed E-state index contributed by atoms with van der Waals surface area (Å²) in [5.41, 5.74) is 2.55. The van der Waals surface area contributed by atoms with E-state index >= 15 is 0 Å². The van der Waals surface area contributed by atoms with Crippen molar-refractivity contribution in [3.8, 4) is 6.07 Å². The smallest absolute Gasteiger partial charge is 0.265 e. The summed E-state index contributed by atoms with van der Waals surface area (Å²) in [5.74, 6) is -0.841. The molecule has 0 radical (unpaired) electrons. The van der Waals surface area contributed by atoms with Gasteiger partial charge in [-0.3, -0.25) is 19.4 Å². The van der Waals surface area contributed by atoms with Crippen LogP contribution < -0.4 is 4.90 Å². The Labute approximate surface area is 217 Å². The van der Waals surface area contributed by atoms with E-state index in [0.29, 0.717) is 5.56 Å². The molecule has 1 aliphatic rings. The maximum absolute atomic E-state index is 12.8. The topological polar surface area (TPSA) is 67.6 Å². The molecule has 0 saturated carbocycles. The van der Waals surface area contributed by atoms with Gasteiger partial charge in [0.2, 0.25) is 0 Å². The molecule has 1 saturated heterocycles. The second-order valence-electron chi connectivity index (χ2n) is 8.21. The molecule has 4 aromatic rings. The zero-order valence-electron chi connectivity index (χ0n) is 19.5. The molecule has 1 fully saturated rings. The molecule has 0 spiro atoms. The van der Waals surface area contributed by atoms with Crippen molar-refractivity contribution in [1.82, 2.24) is 9.80 Å². The van der Waals surface area contributed by atoms with E-state index in [4.69, 9.17) is 12.2 Å². The van der Waals surface area contributed by atoms with E-state index in [0.717, 1.165) is 32.0 Å². The average Bonchev–Trinajstić information content (AvgIpc) is 3.37. The normalized spacial score (nSPS) is 13.8. The molecule has 6 nitrogen and oxygen atoms in total. The first kappa shape index (κ1) is 23.4. The van der Waals surface area contributed by atoms with Crippen LogP contribution in [0.2, 0.25) is 0 Å². The molecule has 2 amide bonds. The maximum atomic E-state index is 12.8. The number of nitriles is 1. The number of hydrogen-bond donors (Lipinski definition) is 0. The van der Waals surface area contributed by atoms with Gasteiger partial charge < -0.3 is 4.90 Å². The molecule has 0 atom stereocenters. The Morgan fingerprint density at radius 3 is 2.17 bits per heavy atom. The number of rotatable bonds is 4. The summed E-state index contributed by atoms with van der Waals surface area (Å²) < 4.78 is 0. The molecule has 0 bridgehead atoms. The number of thiophene rings is 1. The van der Waals surface area contributed by atoms with Gasteiger partial charge in [-0.25, -0.2) is 0 Å². The molecular weight excluding hydrogens is 488 g/mol. The van der Waals surface area contributed by atoms with Gasteiger partial charge in [0.25, 0.3) is 11.8 Å². The van der Waals surface area contributed by atoms with Crippen LogP contribution >= 0.6 is 23.6 Å². The molecule has 1 aliphatic heterocycles. The number of hydrogen-bond acceptors (Lipinski definition) is 6. The number of anilines is 3. The highest BCUT2D eigenvalue weighted by molar-refractivity contribution is 7.80. The van der Waals surface area contributed by atoms with Crippen molar-refractivity contribution in [2.45, 2.75) is 0 Å². The van der Waals surface area contributed by atoms with Gasteiger partial charge in [0.15, 0.2) is 5.11 Å². The van der Waals surface area contributed by atoms with Crippen LogP contribution in [0.4, 0.5) is 16.4 Å². The fraction of sp³-hybridized carbons (Fsp3) is 0.0714. The SMILES string of the molecule is CN1C(=O)C(=Cc2ccc(N(c3ccccc3)c3ccc(C#N)c4ccccc34)s2)C(=O)N(C)C1=S. The molecule has 1 aromatic heterocycles. The Balaban J connectivity index is 1.64. The lowest BCUT2D eigenvalue weighted by molar-refractivity contribution is -0.132. The van der Waals surface area contributed by atoms with Crippen LogP contribution in [-0.2, 0) is 9.59 Å². The van der Waals surface area contributed by atoms with E-state index in [1.54, 1.807) is 20.2 Å². The van der Waals surface area contributed by atoms with Gasteiger partial charge in [-0.05, 0) is 54.7 Å². The van der Waals surface area contributed by atoms with Gasteiger partial charge in [-0.15, -0.1) is 11.3 Å². The predicted octanol–water partition coefficient (Wildman–Crippen LogP) is 5.84. The molecule has 2 heterocycles. The standard InChI is InChI=1S/C28H20N4O2S2/c1-30-26(33)23(27(34)31(2)28(30)35)16-20-13-15-25(36-20)32(19-8-4-3-5-9-19)24-14-12-18(17-29)21-10-6-7-11-22(21)24/h3-16H,1-2H3. The average molecular weight is 509 g/mol. The van der Waals surface area contributed by atoms with Crippen LogP contribution in [-0.4, -0.2) is 40.8 Å². The molecule has 8 heteroatoms. The van der Waals surface area contributed by atoms with Crippen LogP contribution in [0.15, 0.2) is 84.4 Å². The number of likely N-dealkylation sites (N-methyl/N-ethyl adjacent to an activating group) is 2. The first-order valence-corrected chi connectivity index (χ1v) is 12.3. The third-order valence-corrected chi connectivity index (χ3v) is 7.61. The number of amides is 2. The summed E-state index contributed by atoms with van der Waals surface area (Å²) in [5, 5.41) is 12.5. The van der Waals surface area contributed by atoms with Gasteiger partial charge in [0.05, 0.1) is 17.3 Å². The largest absolute Gasteiger partial charge is 0.301 e. The second-order valence-corrected chi connectivity index (χ2v) is 9.66. The monoisotopic (exact) mass is 508 g/mol. The molecule has 3 aromatic carbocycles. The molecule has 176 valence electrons. The Morgan fingerprint density at radius 2 is 1.50 bits per heavy atom. The molecule has 36 heavy (non-hydrogen) atoms. The molecule has 0 aliphatic carbocycles. The van der Waals surface area contributed by atoms with Crippen LogP contribution in [0, 0.1) is 11.3 Å². The van der Waals surface area contributed by atoms with E-state index in [1.165, 1.54) is 21.1 Å². The summed E-state index contributed by atoms with van der Waals surface area (Å²) >= 11 is 6.64. The Morgan fingerprint density at radius 1 is 0.861 bits per heavy atom. The zero-order chi connectivity index (χ0) is 25.4. The highest BCUT2D eigenvalue weighted by Gasteiger charge is 2.35. The van der Waals surface area contributed by atoms with Crippen LogP contribution in [0.5, 0.6) is 0 Å². The van der Waals surface area contributed by atoms with E-state index < -0.39 is 11.8 Å². The van der Waals surface area contributed by atoms with Crippen molar-refractivity contribution >= 4 is 73.7 Å². The van der Waals surface area contributed by atoms with Crippen molar-refractivity contribution < 1.29 is 9.59 Å². The Kier molecular flexibility index (Phi) is 6.10. The summed E-state index contributed by atoms with van der Waals surface area (Å²) in [6, 6.07) is 27.7. The predicted molar refractivity (Wildman–Crippen MR) is 147 cm³/mol. The van der Waals surface area contributed by atoms with E-state index in [-0.39, 0.29) is 10.7 Å².